The highest BCUT2D eigenvalue weighted by Gasteiger charge is 2.25. The third-order valence-corrected chi connectivity index (χ3v) is 3.08. The van der Waals surface area contributed by atoms with Gasteiger partial charge in [-0.3, -0.25) is 10.1 Å². The van der Waals surface area contributed by atoms with Crippen LogP contribution in [-0.4, -0.2) is 35.2 Å². The van der Waals surface area contributed by atoms with Crippen molar-refractivity contribution in [1.29, 1.82) is 0 Å². The SMILES string of the molecule is CC(NC1CCCCCC1O)C(=O)NC(N)=O. The molecule has 3 atom stereocenters. The molecule has 0 aromatic carbocycles. The normalized spacial score (nSPS) is 26.9. The van der Waals surface area contributed by atoms with E-state index in [4.69, 9.17) is 5.73 Å². The van der Waals surface area contributed by atoms with E-state index < -0.39 is 24.1 Å². The Hall–Kier alpha value is -1.14. The quantitative estimate of drug-likeness (QED) is 0.517. The Kier molecular flexibility index (Phi) is 5.37. The van der Waals surface area contributed by atoms with Gasteiger partial charge >= 0.3 is 6.03 Å². The topological polar surface area (TPSA) is 104 Å². The lowest BCUT2D eigenvalue weighted by Gasteiger charge is -2.25. The molecule has 0 heterocycles. The summed E-state index contributed by atoms with van der Waals surface area (Å²) in [5.74, 6) is -0.464. The molecule has 1 aliphatic rings. The molecule has 1 saturated carbocycles. The lowest BCUT2D eigenvalue weighted by Crippen LogP contribution is -2.52. The Balaban J connectivity index is 2.45. The molecule has 17 heavy (non-hydrogen) atoms. The summed E-state index contributed by atoms with van der Waals surface area (Å²) < 4.78 is 0. The molecule has 5 N–H and O–H groups in total. The van der Waals surface area contributed by atoms with E-state index in [0.717, 1.165) is 32.1 Å². The maximum absolute atomic E-state index is 11.5. The van der Waals surface area contributed by atoms with Crippen molar-refractivity contribution in [3.05, 3.63) is 0 Å². The summed E-state index contributed by atoms with van der Waals surface area (Å²) in [6.45, 7) is 1.65. The number of carbonyl (C=O) groups is 2. The van der Waals surface area contributed by atoms with Crippen LogP contribution in [0.1, 0.15) is 39.0 Å². The van der Waals surface area contributed by atoms with Crippen molar-refractivity contribution < 1.29 is 14.7 Å². The molecule has 0 spiro atoms. The highest BCUT2D eigenvalue weighted by molar-refractivity contribution is 5.96. The Bertz CT molecular complexity index is 283. The van der Waals surface area contributed by atoms with Gasteiger partial charge in [-0.05, 0) is 19.8 Å². The number of nitrogens with two attached hydrogens (primary N) is 1. The van der Waals surface area contributed by atoms with E-state index in [0.29, 0.717) is 0 Å². The number of nitrogens with one attached hydrogen (secondary N) is 2. The highest BCUT2D eigenvalue weighted by Crippen LogP contribution is 2.18. The molecular formula is C11H21N3O3. The first kappa shape index (κ1) is 13.9. The van der Waals surface area contributed by atoms with Crippen molar-refractivity contribution in [1.82, 2.24) is 10.6 Å². The van der Waals surface area contributed by atoms with E-state index in [1.807, 2.05) is 5.32 Å². The van der Waals surface area contributed by atoms with Crippen LogP contribution < -0.4 is 16.4 Å². The van der Waals surface area contributed by atoms with Gasteiger partial charge in [-0.1, -0.05) is 19.3 Å². The fourth-order valence-electron chi connectivity index (χ4n) is 2.11. The van der Waals surface area contributed by atoms with E-state index in [1.54, 1.807) is 6.92 Å². The molecule has 1 fully saturated rings. The predicted octanol–water partition coefficient (Wildman–Crippen LogP) is -0.147. The van der Waals surface area contributed by atoms with Gasteiger partial charge in [0.25, 0.3) is 0 Å². The second kappa shape index (κ2) is 6.56. The third-order valence-electron chi connectivity index (χ3n) is 3.08. The Morgan fingerprint density at radius 1 is 1.29 bits per heavy atom. The number of amides is 3. The van der Waals surface area contributed by atoms with Crippen molar-refractivity contribution in [3.8, 4) is 0 Å². The molecule has 6 heteroatoms. The van der Waals surface area contributed by atoms with Crippen LogP contribution in [0.2, 0.25) is 0 Å². The van der Waals surface area contributed by atoms with Crippen LogP contribution in [0.5, 0.6) is 0 Å². The largest absolute Gasteiger partial charge is 0.392 e. The standard InChI is InChI=1S/C11H21N3O3/c1-7(10(16)14-11(12)17)13-8-5-3-2-4-6-9(8)15/h7-9,13,15H,2-6H2,1H3,(H3,12,14,16,17). The molecule has 0 aliphatic heterocycles. The molecule has 0 radical (unpaired) electrons. The first-order chi connectivity index (χ1) is 8.00. The van der Waals surface area contributed by atoms with Crippen LogP contribution >= 0.6 is 0 Å². The molecule has 0 aromatic heterocycles. The predicted molar refractivity (Wildman–Crippen MR) is 63.2 cm³/mol. The number of aliphatic hydroxyl groups excluding tert-OH is 1. The third kappa shape index (κ3) is 4.70. The summed E-state index contributed by atoms with van der Waals surface area (Å²) in [5, 5.41) is 14.9. The monoisotopic (exact) mass is 243 g/mol. The minimum Gasteiger partial charge on any atom is -0.392 e. The zero-order chi connectivity index (χ0) is 12.8. The van der Waals surface area contributed by atoms with E-state index >= 15 is 0 Å². The first-order valence-corrected chi connectivity index (χ1v) is 6.05. The van der Waals surface area contributed by atoms with Crippen LogP contribution in [0, 0.1) is 0 Å². The summed E-state index contributed by atoms with van der Waals surface area (Å²) >= 11 is 0. The van der Waals surface area contributed by atoms with Crippen molar-refractivity contribution >= 4 is 11.9 Å². The zero-order valence-corrected chi connectivity index (χ0v) is 10.1. The van der Waals surface area contributed by atoms with Crippen molar-refractivity contribution in [2.24, 2.45) is 5.73 Å². The fourth-order valence-corrected chi connectivity index (χ4v) is 2.11. The number of imide groups is 1. The average molecular weight is 243 g/mol. The molecule has 3 unspecified atom stereocenters. The first-order valence-electron chi connectivity index (χ1n) is 6.05. The Labute approximate surface area is 101 Å². The molecule has 0 bridgehead atoms. The van der Waals surface area contributed by atoms with Gasteiger partial charge in [0.15, 0.2) is 0 Å². The van der Waals surface area contributed by atoms with Crippen molar-refractivity contribution in [3.63, 3.8) is 0 Å². The summed E-state index contributed by atoms with van der Waals surface area (Å²) in [6.07, 6.45) is 4.33. The Morgan fingerprint density at radius 2 is 1.94 bits per heavy atom. The van der Waals surface area contributed by atoms with Crippen LogP contribution in [0.4, 0.5) is 4.79 Å². The van der Waals surface area contributed by atoms with Crippen LogP contribution in [0.25, 0.3) is 0 Å². The van der Waals surface area contributed by atoms with E-state index in [9.17, 15) is 14.7 Å². The van der Waals surface area contributed by atoms with Gasteiger partial charge in [0.1, 0.15) is 0 Å². The smallest absolute Gasteiger partial charge is 0.318 e. The number of carbonyl (C=O) groups excluding carboxylic acids is 2. The Morgan fingerprint density at radius 3 is 2.59 bits per heavy atom. The molecule has 1 rings (SSSR count). The number of hydrogen-bond acceptors (Lipinski definition) is 4. The average Bonchev–Trinajstić information content (AvgIpc) is 2.43. The van der Waals surface area contributed by atoms with Gasteiger partial charge in [0, 0.05) is 6.04 Å². The number of primary amides is 1. The van der Waals surface area contributed by atoms with Gasteiger partial charge in [0.05, 0.1) is 12.1 Å². The second-order valence-electron chi connectivity index (χ2n) is 4.55. The minimum atomic E-state index is -0.856. The molecule has 1 aliphatic carbocycles. The van der Waals surface area contributed by atoms with Gasteiger partial charge < -0.3 is 16.2 Å². The van der Waals surface area contributed by atoms with E-state index in [-0.39, 0.29) is 6.04 Å². The molecule has 6 nitrogen and oxygen atoms in total. The summed E-state index contributed by atoms with van der Waals surface area (Å²) in [7, 11) is 0. The fraction of sp³-hybridized carbons (Fsp3) is 0.818. The molecule has 3 amide bonds. The van der Waals surface area contributed by atoms with Crippen LogP contribution in [-0.2, 0) is 4.79 Å². The molecule has 98 valence electrons. The summed E-state index contributed by atoms with van der Waals surface area (Å²) in [5.41, 5.74) is 4.87. The van der Waals surface area contributed by atoms with Crippen molar-refractivity contribution in [2.45, 2.75) is 57.2 Å². The number of hydrogen-bond donors (Lipinski definition) is 4. The van der Waals surface area contributed by atoms with Crippen LogP contribution in [0.15, 0.2) is 0 Å². The number of urea groups is 1. The lowest BCUT2D eigenvalue weighted by molar-refractivity contribution is -0.122. The molecule has 0 saturated heterocycles. The second-order valence-corrected chi connectivity index (χ2v) is 4.55. The van der Waals surface area contributed by atoms with E-state index in [2.05, 4.69) is 5.32 Å². The van der Waals surface area contributed by atoms with Gasteiger partial charge in [-0.15, -0.1) is 0 Å². The number of aliphatic hydroxyl groups is 1. The van der Waals surface area contributed by atoms with Gasteiger partial charge in [-0.2, -0.15) is 0 Å². The summed E-state index contributed by atoms with van der Waals surface area (Å²) in [6, 6.07) is -1.49. The minimum absolute atomic E-state index is 0.0915. The van der Waals surface area contributed by atoms with Gasteiger partial charge in [-0.25, -0.2) is 4.79 Å². The van der Waals surface area contributed by atoms with Crippen molar-refractivity contribution in [2.75, 3.05) is 0 Å². The number of rotatable bonds is 3. The maximum atomic E-state index is 11.5. The highest BCUT2D eigenvalue weighted by atomic mass is 16.3. The van der Waals surface area contributed by atoms with E-state index in [1.165, 1.54) is 0 Å². The molecular weight excluding hydrogens is 222 g/mol. The lowest BCUT2D eigenvalue weighted by atomic mass is 10.1. The van der Waals surface area contributed by atoms with Gasteiger partial charge in [0.2, 0.25) is 5.91 Å². The zero-order valence-electron chi connectivity index (χ0n) is 10.1. The maximum Gasteiger partial charge on any atom is 0.318 e. The van der Waals surface area contributed by atoms with Crippen LogP contribution in [0.3, 0.4) is 0 Å². The molecule has 0 aromatic rings. The summed E-state index contributed by atoms with van der Waals surface area (Å²) in [4.78, 5) is 22.0.